The average Bonchev–Trinajstić information content (AvgIpc) is 2.84. The lowest BCUT2D eigenvalue weighted by Crippen LogP contribution is -2.11. The third kappa shape index (κ3) is 2.73. The highest BCUT2D eigenvalue weighted by molar-refractivity contribution is 5.87. The molecule has 1 aromatic heterocycles. The van der Waals surface area contributed by atoms with E-state index in [0.717, 1.165) is 12.1 Å². The lowest BCUT2D eigenvalue weighted by atomic mass is 10.1. The standard InChI is InChI=1S/C13H12FN3O4/c1-7(2)16-12(13(18)19)6-10(15-16)8-3-4-9(14)11(5-8)17(20)21/h3-7H,1-2H3,(H,18,19). The van der Waals surface area contributed by atoms with Crippen molar-refractivity contribution in [2.75, 3.05) is 0 Å². The first-order chi connectivity index (χ1) is 9.81. The number of benzene rings is 1. The van der Waals surface area contributed by atoms with Crippen LogP contribution in [-0.2, 0) is 0 Å². The van der Waals surface area contributed by atoms with E-state index in [4.69, 9.17) is 5.11 Å². The van der Waals surface area contributed by atoms with Crippen molar-refractivity contribution in [3.63, 3.8) is 0 Å². The molecule has 0 spiro atoms. The molecule has 0 radical (unpaired) electrons. The molecule has 0 unspecified atom stereocenters. The van der Waals surface area contributed by atoms with Gasteiger partial charge in [0.25, 0.3) is 0 Å². The SMILES string of the molecule is CC(C)n1nc(-c2ccc(F)c([N+](=O)[O-])c2)cc1C(=O)O. The number of nitrogens with zero attached hydrogens (tertiary/aromatic N) is 3. The summed E-state index contributed by atoms with van der Waals surface area (Å²) in [5, 5.41) is 24.0. The molecular formula is C13H12FN3O4. The molecule has 8 heteroatoms. The van der Waals surface area contributed by atoms with Gasteiger partial charge in [0, 0.05) is 17.7 Å². The first-order valence-corrected chi connectivity index (χ1v) is 6.08. The Labute approximate surface area is 118 Å². The first kappa shape index (κ1) is 14.6. The molecule has 0 amide bonds. The third-order valence-electron chi connectivity index (χ3n) is 2.88. The van der Waals surface area contributed by atoms with Crippen molar-refractivity contribution in [1.29, 1.82) is 0 Å². The van der Waals surface area contributed by atoms with Crippen molar-refractivity contribution in [1.82, 2.24) is 9.78 Å². The van der Waals surface area contributed by atoms with Gasteiger partial charge >= 0.3 is 11.7 Å². The molecule has 2 aromatic rings. The Morgan fingerprint density at radius 3 is 2.57 bits per heavy atom. The molecule has 0 atom stereocenters. The smallest absolute Gasteiger partial charge is 0.354 e. The Morgan fingerprint density at radius 2 is 2.10 bits per heavy atom. The zero-order chi connectivity index (χ0) is 15.7. The second-order valence-corrected chi connectivity index (χ2v) is 4.68. The molecule has 0 aliphatic heterocycles. The summed E-state index contributed by atoms with van der Waals surface area (Å²) in [7, 11) is 0. The number of nitro groups is 1. The maximum Gasteiger partial charge on any atom is 0.354 e. The molecule has 110 valence electrons. The van der Waals surface area contributed by atoms with Gasteiger partial charge in [-0.1, -0.05) is 0 Å². The van der Waals surface area contributed by atoms with Crippen molar-refractivity contribution in [3.05, 3.63) is 45.9 Å². The molecule has 7 nitrogen and oxygen atoms in total. The number of nitro benzene ring substituents is 1. The Morgan fingerprint density at radius 1 is 1.43 bits per heavy atom. The fourth-order valence-electron chi connectivity index (χ4n) is 1.90. The number of halogens is 1. The second-order valence-electron chi connectivity index (χ2n) is 4.68. The molecule has 0 saturated heterocycles. The summed E-state index contributed by atoms with van der Waals surface area (Å²) >= 11 is 0. The van der Waals surface area contributed by atoms with Gasteiger partial charge in [-0.25, -0.2) is 4.79 Å². The number of rotatable bonds is 4. The Kier molecular flexibility index (Phi) is 3.70. The van der Waals surface area contributed by atoms with E-state index < -0.39 is 22.4 Å². The first-order valence-electron chi connectivity index (χ1n) is 6.08. The van der Waals surface area contributed by atoms with Gasteiger partial charge in [-0.15, -0.1) is 0 Å². The molecule has 21 heavy (non-hydrogen) atoms. The van der Waals surface area contributed by atoms with Gasteiger partial charge in [-0.3, -0.25) is 14.8 Å². The van der Waals surface area contributed by atoms with Crippen LogP contribution < -0.4 is 0 Å². The number of carbonyl (C=O) groups is 1. The van der Waals surface area contributed by atoms with Crippen LogP contribution in [-0.4, -0.2) is 25.8 Å². The fourth-order valence-corrected chi connectivity index (χ4v) is 1.90. The van der Waals surface area contributed by atoms with Crippen LogP contribution in [0.15, 0.2) is 24.3 Å². The highest BCUT2D eigenvalue weighted by Crippen LogP contribution is 2.27. The van der Waals surface area contributed by atoms with E-state index >= 15 is 0 Å². The van der Waals surface area contributed by atoms with Crippen molar-refractivity contribution in [2.45, 2.75) is 19.9 Å². The van der Waals surface area contributed by atoms with Gasteiger partial charge in [0.2, 0.25) is 5.82 Å². The number of aromatic nitrogens is 2. The summed E-state index contributed by atoms with van der Waals surface area (Å²) in [6.07, 6.45) is 0. The zero-order valence-electron chi connectivity index (χ0n) is 11.3. The zero-order valence-corrected chi connectivity index (χ0v) is 11.3. The Hall–Kier alpha value is -2.77. The number of hydrogen-bond donors (Lipinski definition) is 1. The summed E-state index contributed by atoms with van der Waals surface area (Å²) < 4.78 is 14.6. The van der Waals surface area contributed by atoms with Crippen LogP contribution in [0.4, 0.5) is 10.1 Å². The normalized spacial score (nSPS) is 10.9. The van der Waals surface area contributed by atoms with Gasteiger partial charge in [0.05, 0.1) is 10.6 Å². The van der Waals surface area contributed by atoms with E-state index in [1.54, 1.807) is 13.8 Å². The van der Waals surface area contributed by atoms with Gasteiger partial charge in [0.1, 0.15) is 5.69 Å². The van der Waals surface area contributed by atoms with E-state index in [9.17, 15) is 19.3 Å². The molecule has 0 aliphatic carbocycles. The molecule has 0 fully saturated rings. The van der Waals surface area contributed by atoms with E-state index in [0.29, 0.717) is 0 Å². The number of carboxylic acids is 1. The molecule has 0 bridgehead atoms. The van der Waals surface area contributed by atoms with Crippen molar-refractivity contribution in [2.24, 2.45) is 0 Å². The maximum absolute atomic E-state index is 13.3. The predicted molar refractivity (Wildman–Crippen MR) is 71.6 cm³/mol. The van der Waals surface area contributed by atoms with Crippen LogP contribution >= 0.6 is 0 Å². The minimum absolute atomic E-state index is 0.0352. The largest absolute Gasteiger partial charge is 0.477 e. The summed E-state index contributed by atoms with van der Waals surface area (Å²) in [6.45, 7) is 3.52. The fraction of sp³-hybridized carbons (Fsp3) is 0.231. The van der Waals surface area contributed by atoms with Crippen molar-refractivity contribution in [3.8, 4) is 11.3 Å². The Balaban J connectivity index is 2.57. The van der Waals surface area contributed by atoms with Gasteiger partial charge in [-0.2, -0.15) is 9.49 Å². The number of aromatic carboxylic acids is 1. The highest BCUT2D eigenvalue weighted by Gasteiger charge is 2.20. The lowest BCUT2D eigenvalue weighted by Gasteiger charge is -2.07. The molecular weight excluding hydrogens is 281 g/mol. The van der Waals surface area contributed by atoms with Crippen LogP contribution in [0, 0.1) is 15.9 Å². The topological polar surface area (TPSA) is 98.3 Å². The summed E-state index contributed by atoms with van der Waals surface area (Å²) in [5.74, 6) is -2.11. The van der Waals surface area contributed by atoms with Crippen LogP contribution in [0.2, 0.25) is 0 Å². The highest BCUT2D eigenvalue weighted by atomic mass is 19.1. The summed E-state index contributed by atoms with van der Waals surface area (Å²) in [5.41, 5.74) is -0.190. The Bertz CT molecular complexity index is 724. The van der Waals surface area contributed by atoms with Crippen molar-refractivity contribution >= 4 is 11.7 Å². The molecule has 0 saturated carbocycles. The van der Waals surface area contributed by atoms with Gasteiger partial charge < -0.3 is 5.11 Å². The van der Waals surface area contributed by atoms with Crippen LogP contribution in [0.25, 0.3) is 11.3 Å². The third-order valence-corrected chi connectivity index (χ3v) is 2.88. The summed E-state index contributed by atoms with van der Waals surface area (Å²) in [4.78, 5) is 21.1. The lowest BCUT2D eigenvalue weighted by molar-refractivity contribution is -0.387. The van der Waals surface area contributed by atoms with Crippen molar-refractivity contribution < 1.29 is 19.2 Å². The van der Waals surface area contributed by atoms with Crippen LogP contribution in [0.3, 0.4) is 0 Å². The van der Waals surface area contributed by atoms with Gasteiger partial charge in [0.15, 0.2) is 0 Å². The summed E-state index contributed by atoms with van der Waals surface area (Å²) in [6, 6.07) is 4.43. The monoisotopic (exact) mass is 293 g/mol. The van der Waals surface area contributed by atoms with E-state index in [2.05, 4.69) is 5.10 Å². The number of hydrogen-bond acceptors (Lipinski definition) is 4. The maximum atomic E-state index is 13.3. The molecule has 1 aromatic carbocycles. The minimum atomic E-state index is -1.15. The molecule has 2 rings (SSSR count). The van der Waals surface area contributed by atoms with E-state index in [1.807, 2.05) is 0 Å². The van der Waals surface area contributed by atoms with Crippen LogP contribution in [0.5, 0.6) is 0 Å². The quantitative estimate of drug-likeness (QED) is 0.690. The predicted octanol–water partition coefficient (Wildman–Crippen LogP) is 2.88. The average molecular weight is 293 g/mol. The molecule has 1 heterocycles. The number of carboxylic acid groups (broad SMARTS) is 1. The van der Waals surface area contributed by atoms with Crippen LogP contribution in [0.1, 0.15) is 30.4 Å². The van der Waals surface area contributed by atoms with E-state index in [-0.39, 0.29) is 23.0 Å². The minimum Gasteiger partial charge on any atom is -0.477 e. The molecule has 0 aliphatic rings. The molecule has 1 N–H and O–H groups in total. The second kappa shape index (κ2) is 5.31. The van der Waals surface area contributed by atoms with Gasteiger partial charge in [-0.05, 0) is 32.0 Å². The van der Waals surface area contributed by atoms with E-state index in [1.165, 1.54) is 16.8 Å².